The lowest BCUT2D eigenvalue weighted by molar-refractivity contribution is 0.574. The third-order valence-electron chi connectivity index (χ3n) is 2.32. The molecule has 0 aliphatic rings. The molecule has 14 heavy (non-hydrogen) atoms. The van der Waals surface area contributed by atoms with E-state index in [1.54, 1.807) is 6.08 Å². The van der Waals surface area contributed by atoms with Crippen molar-refractivity contribution in [2.75, 3.05) is 0 Å². The number of rotatable bonds is 1. The van der Waals surface area contributed by atoms with Gasteiger partial charge in [-0.05, 0) is 18.6 Å². The summed E-state index contributed by atoms with van der Waals surface area (Å²) < 4.78 is 5.68. The minimum Gasteiger partial charge on any atom is -0.456 e. The van der Waals surface area contributed by atoms with E-state index in [0.717, 1.165) is 27.2 Å². The summed E-state index contributed by atoms with van der Waals surface area (Å²) >= 11 is 0. The highest BCUT2D eigenvalue weighted by Crippen LogP contribution is 2.12. The molecule has 0 atom stereocenters. The van der Waals surface area contributed by atoms with Gasteiger partial charge in [0.15, 0.2) is 0 Å². The van der Waals surface area contributed by atoms with Crippen molar-refractivity contribution in [3.63, 3.8) is 0 Å². The normalized spacial score (nSPS) is 12.2. The highest BCUT2D eigenvalue weighted by Gasteiger charge is 2.02. The average Bonchev–Trinajstić information content (AvgIpc) is 2.48. The fraction of sp³-hybridized carbons (Fsp3) is 0.0769. The average molecular weight is 184 g/mol. The number of fused-ring (bicyclic) bond motifs is 1. The third-order valence-corrected chi connectivity index (χ3v) is 2.32. The number of hydrogen-bond acceptors (Lipinski definition) is 1. The first-order valence-electron chi connectivity index (χ1n) is 4.54. The first kappa shape index (κ1) is 8.82. The van der Waals surface area contributed by atoms with E-state index in [4.69, 9.17) is 4.42 Å². The number of furan rings is 1. The fourth-order valence-electron chi connectivity index (χ4n) is 1.57. The lowest BCUT2D eigenvalue weighted by atomic mass is 10.1. The van der Waals surface area contributed by atoms with Crippen LogP contribution in [-0.4, -0.2) is 0 Å². The van der Waals surface area contributed by atoms with Crippen molar-refractivity contribution in [3.8, 4) is 0 Å². The fourth-order valence-corrected chi connectivity index (χ4v) is 1.57. The van der Waals surface area contributed by atoms with Crippen LogP contribution in [0, 0.1) is 6.92 Å². The maximum absolute atomic E-state index is 5.68. The Morgan fingerprint density at radius 2 is 2.14 bits per heavy atom. The second-order valence-corrected chi connectivity index (χ2v) is 3.30. The minimum absolute atomic E-state index is 0.796. The summed E-state index contributed by atoms with van der Waals surface area (Å²) in [6.45, 7) is 9.67. The molecule has 1 nitrogen and oxygen atoms in total. The van der Waals surface area contributed by atoms with Crippen LogP contribution in [0.2, 0.25) is 0 Å². The van der Waals surface area contributed by atoms with Crippen LogP contribution in [0.3, 0.4) is 0 Å². The van der Waals surface area contributed by atoms with E-state index >= 15 is 0 Å². The van der Waals surface area contributed by atoms with E-state index in [0.29, 0.717) is 0 Å². The van der Waals surface area contributed by atoms with Crippen LogP contribution in [0.4, 0.5) is 0 Å². The van der Waals surface area contributed by atoms with Gasteiger partial charge in [0.1, 0.15) is 11.0 Å². The molecule has 0 bridgehead atoms. The highest BCUT2D eigenvalue weighted by molar-refractivity contribution is 5.81. The molecular weight excluding hydrogens is 172 g/mol. The van der Waals surface area contributed by atoms with Crippen LogP contribution in [-0.2, 0) is 0 Å². The second-order valence-electron chi connectivity index (χ2n) is 3.30. The lowest BCUT2D eigenvalue weighted by Crippen LogP contribution is -2.17. The molecular formula is C13H12O. The standard InChI is InChI=1S/C13H12O/c1-4-6-12-10(3)11-8-5-7-9(2)13(11)14-12/h4-8H,1,3H2,2H3/b12-6+. The molecule has 0 fully saturated rings. The molecule has 0 radical (unpaired) electrons. The zero-order valence-electron chi connectivity index (χ0n) is 8.21. The Morgan fingerprint density at radius 1 is 1.36 bits per heavy atom. The van der Waals surface area contributed by atoms with E-state index in [1.165, 1.54) is 0 Å². The van der Waals surface area contributed by atoms with Crippen molar-refractivity contribution < 1.29 is 4.42 Å². The van der Waals surface area contributed by atoms with Crippen molar-refractivity contribution in [3.05, 3.63) is 47.1 Å². The Hall–Kier alpha value is -1.76. The lowest BCUT2D eigenvalue weighted by Gasteiger charge is -1.90. The van der Waals surface area contributed by atoms with Gasteiger partial charge in [-0.2, -0.15) is 0 Å². The largest absolute Gasteiger partial charge is 0.456 e. The third kappa shape index (κ3) is 1.18. The topological polar surface area (TPSA) is 13.1 Å². The van der Waals surface area contributed by atoms with Crippen LogP contribution in [0.15, 0.2) is 35.3 Å². The van der Waals surface area contributed by atoms with Gasteiger partial charge in [-0.15, -0.1) is 0 Å². The van der Waals surface area contributed by atoms with Crippen LogP contribution in [0.5, 0.6) is 0 Å². The Labute approximate surface area is 82.7 Å². The van der Waals surface area contributed by atoms with Crippen molar-refractivity contribution in [1.29, 1.82) is 0 Å². The second kappa shape index (κ2) is 3.18. The van der Waals surface area contributed by atoms with Gasteiger partial charge in [0.05, 0.1) is 0 Å². The predicted octanol–water partition coefficient (Wildman–Crippen LogP) is 2.12. The molecule has 0 aliphatic heterocycles. The molecule has 0 N–H and O–H groups in total. The van der Waals surface area contributed by atoms with Gasteiger partial charge in [-0.25, -0.2) is 0 Å². The smallest absolute Gasteiger partial charge is 0.138 e. The SMILES string of the molecule is C=C/C=c1/oc2c(C)cccc2c1=C. The quantitative estimate of drug-likeness (QED) is 0.661. The monoisotopic (exact) mass is 184 g/mol. The van der Waals surface area contributed by atoms with Crippen LogP contribution in [0.1, 0.15) is 5.56 Å². The number of hydrogen-bond donors (Lipinski definition) is 0. The van der Waals surface area contributed by atoms with Gasteiger partial charge < -0.3 is 4.42 Å². The molecule has 1 aromatic heterocycles. The summed E-state index contributed by atoms with van der Waals surface area (Å²) in [6.07, 6.45) is 3.55. The maximum atomic E-state index is 5.68. The summed E-state index contributed by atoms with van der Waals surface area (Å²) in [5.41, 5.74) is 2.85. The summed E-state index contributed by atoms with van der Waals surface area (Å²) in [5.74, 6) is 0. The Bertz CT molecular complexity index is 587. The molecule has 70 valence electrons. The molecule has 2 aromatic rings. The summed E-state index contributed by atoms with van der Waals surface area (Å²) in [6, 6.07) is 6.07. The number of benzene rings is 1. The van der Waals surface area contributed by atoms with Crippen molar-refractivity contribution >= 4 is 23.6 Å². The zero-order chi connectivity index (χ0) is 10.1. The van der Waals surface area contributed by atoms with Crippen molar-refractivity contribution in [1.82, 2.24) is 0 Å². The summed E-state index contributed by atoms with van der Waals surface area (Å²) in [4.78, 5) is 0. The van der Waals surface area contributed by atoms with Gasteiger partial charge >= 0.3 is 0 Å². The zero-order valence-corrected chi connectivity index (χ0v) is 8.21. The molecule has 0 spiro atoms. The van der Waals surface area contributed by atoms with Gasteiger partial charge in [-0.1, -0.05) is 37.4 Å². The molecule has 0 saturated carbocycles. The molecule has 0 amide bonds. The first-order valence-corrected chi connectivity index (χ1v) is 4.54. The molecule has 1 heteroatoms. The maximum Gasteiger partial charge on any atom is 0.138 e. The molecule has 0 unspecified atom stereocenters. The van der Waals surface area contributed by atoms with E-state index in [-0.39, 0.29) is 0 Å². The van der Waals surface area contributed by atoms with Gasteiger partial charge in [0.2, 0.25) is 0 Å². The van der Waals surface area contributed by atoms with Gasteiger partial charge in [-0.3, -0.25) is 0 Å². The molecule has 0 saturated heterocycles. The van der Waals surface area contributed by atoms with Gasteiger partial charge in [0, 0.05) is 10.6 Å². The minimum atomic E-state index is 0.796. The number of allylic oxidation sites excluding steroid dienone is 1. The Kier molecular flexibility index (Phi) is 2.01. The van der Waals surface area contributed by atoms with Crippen LogP contribution >= 0.6 is 0 Å². The van der Waals surface area contributed by atoms with Crippen LogP contribution in [0.25, 0.3) is 23.6 Å². The summed E-state index contributed by atoms with van der Waals surface area (Å²) in [5, 5.41) is 2.02. The predicted molar refractivity (Wildman–Crippen MR) is 60.4 cm³/mol. The number of aryl methyl sites for hydroxylation is 1. The molecule has 1 heterocycles. The van der Waals surface area contributed by atoms with E-state index in [1.807, 2.05) is 31.2 Å². The molecule has 1 aromatic carbocycles. The van der Waals surface area contributed by atoms with Gasteiger partial charge in [0.25, 0.3) is 0 Å². The highest BCUT2D eigenvalue weighted by atomic mass is 16.3. The van der Waals surface area contributed by atoms with Crippen LogP contribution < -0.4 is 10.6 Å². The molecule has 0 aliphatic carbocycles. The number of para-hydroxylation sites is 1. The summed E-state index contributed by atoms with van der Waals surface area (Å²) in [7, 11) is 0. The van der Waals surface area contributed by atoms with E-state index in [2.05, 4.69) is 13.2 Å². The molecule has 2 rings (SSSR count). The first-order chi connectivity index (χ1) is 6.74. The van der Waals surface area contributed by atoms with Crippen molar-refractivity contribution in [2.45, 2.75) is 6.92 Å². The van der Waals surface area contributed by atoms with E-state index in [9.17, 15) is 0 Å². The van der Waals surface area contributed by atoms with E-state index < -0.39 is 0 Å². The van der Waals surface area contributed by atoms with Crippen molar-refractivity contribution in [2.24, 2.45) is 0 Å². The Balaban J connectivity index is 3.01. The Morgan fingerprint density at radius 3 is 2.79 bits per heavy atom.